The fraction of sp³-hybridized carbons (Fsp3) is 1.00. The molecule has 1 rings (SSSR count). The number of hydrogen-bond acceptors (Lipinski definition) is 1. The largest absolute Gasteiger partial charge is 0.319 e. The highest BCUT2D eigenvalue weighted by molar-refractivity contribution is 4.74. The smallest absolute Gasteiger partial charge is 0.241 e. The van der Waals surface area contributed by atoms with Crippen LogP contribution in [-0.4, -0.2) is 20.0 Å². The number of rotatable bonds is 3. The van der Waals surface area contributed by atoms with Gasteiger partial charge in [-0.05, 0) is 45.2 Å². The Hall–Kier alpha value is -0.180. The molecule has 0 saturated heterocycles. The molecule has 1 saturated carbocycles. The third-order valence-electron chi connectivity index (χ3n) is 2.74. The normalized spacial score (nSPS) is 31.0. The van der Waals surface area contributed by atoms with Crippen LogP contribution in [0.4, 0.5) is 8.78 Å². The van der Waals surface area contributed by atoms with E-state index in [4.69, 9.17) is 0 Å². The Morgan fingerprint density at radius 1 is 1.25 bits per heavy atom. The van der Waals surface area contributed by atoms with E-state index in [0.717, 1.165) is 19.4 Å². The molecule has 12 heavy (non-hydrogen) atoms. The van der Waals surface area contributed by atoms with Crippen molar-refractivity contribution in [3.8, 4) is 0 Å². The Bertz CT molecular complexity index is 120. The first kappa shape index (κ1) is 9.90. The van der Waals surface area contributed by atoms with Crippen LogP contribution in [0.1, 0.15) is 25.7 Å². The van der Waals surface area contributed by atoms with Gasteiger partial charge in [0.25, 0.3) is 0 Å². The van der Waals surface area contributed by atoms with E-state index in [9.17, 15) is 8.78 Å². The van der Waals surface area contributed by atoms with E-state index in [1.165, 1.54) is 0 Å². The SMILES string of the molecule is CNCC1CCC(C(F)F)CC1. The molecule has 1 N–H and O–H groups in total. The Morgan fingerprint density at radius 3 is 2.25 bits per heavy atom. The van der Waals surface area contributed by atoms with Crippen LogP contribution >= 0.6 is 0 Å². The van der Waals surface area contributed by atoms with Gasteiger partial charge in [0.15, 0.2) is 0 Å². The van der Waals surface area contributed by atoms with E-state index in [0.29, 0.717) is 18.8 Å². The molecule has 1 aliphatic carbocycles. The monoisotopic (exact) mass is 177 g/mol. The van der Waals surface area contributed by atoms with Crippen molar-refractivity contribution < 1.29 is 8.78 Å². The van der Waals surface area contributed by atoms with Crippen molar-refractivity contribution in [2.45, 2.75) is 32.1 Å². The molecular weight excluding hydrogens is 160 g/mol. The summed E-state index contributed by atoms with van der Waals surface area (Å²) >= 11 is 0. The minimum Gasteiger partial charge on any atom is -0.319 e. The predicted octanol–water partition coefficient (Wildman–Crippen LogP) is 2.28. The standard InChI is InChI=1S/C9H17F2N/c1-12-6-7-2-4-8(5-3-7)9(10)11/h7-9,12H,2-6H2,1H3. The van der Waals surface area contributed by atoms with E-state index in [2.05, 4.69) is 5.32 Å². The van der Waals surface area contributed by atoms with Crippen molar-refractivity contribution in [3.05, 3.63) is 0 Å². The maximum atomic E-state index is 12.2. The Kier molecular flexibility index (Phi) is 3.92. The molecular formula is C9H17F2N. The van der Waals surface area contributed by atoms with E-state index in [1.807, 2.05) is 7.05 Å². The van der Waals surface area contributed by atoms with Crippen LogP contribution < -0.4 is 5.32 Å². The molecule has 0 atom stereocenters. The van der Waals surface area contributed by atoms with E-state index in [1.54, 1.807) is 0 Å². The Morgan fingerprint density at radius 2 is 1.83 bits per heavy atom. The van der Waals surface area contributed by atoms with Crippen molar-refractivity contribution in [3.63, 3.8) is 0 Å². The quantitative estimate of drug-likeness (QED) is 0.697. The van der Waals surface area contributed by atoms with Crippen LogP contribution in [0, 0.1) is 11.8 Å². The highest BCUT2D eigenvalue weighted by Gasteiger charge is 2.26. The second-order valence-electron chi connectivity index (χ2n) is 3.67. The second-order valence-corrected chi connectivity index (χ2v) is 3.67. The van der Waals surface area contributed by atoms with Crippen molar-refractivity contribution in [1.29, 1.82) is 0 Å². The minimum absolute atomic E-state index is 0.321. The molecule has 1 nitrogen and oxygen atoms in total. The van der Waals surface area contributed by atoms with Gasteiger partial charge in [-0.2, -0.15) is 0 Å². The van der Waals surface area contributed by atoms with Crippen LogP contribution in [-0.2, 0) is 0 Å². The van der Waals surface area contributed by atoms with Crippen LogP contribution in [0.3, 0.4) is 0 Å². The van der Waals surface area contributed by atoms with Crippen molar-refractivity contribution in [2.75, 3.05) is 13.6 Å². The maximum absolute atomic E-state index is 12.2. The van der Waals surface area contributed by atoms with Gasteiger partial charge in [-0.1, -0.05) is 0 Å². The van der Waals surface area contributed by atoms with Gasteiger partial charge in [-0.25, -0.2) is 8.78 Å². The second kappa shape index (κ2) is 4.75. The highest BCUT2D eigenvalue weighted by Crippen LogP contribution is 2.31. The zero-order chi connectivity index (χ0) is 8.97. The third-order valence-corrected chi connectivity index (χ3v) is 2.74. The molecule has 0 amide bonds. The lowest BCUT2D eigenvalue weighted by atomic mass is 9.82. The van der Waals surface area contributed by atoms with Crippen molar-refractivity contribution in [2.24, 2.45) is 11.8 Å². The summed E-state index contributed by atoms with van der Waals surface area (Å²) in [6, 6.07) is 0. The molecule has 0 bridgehead atoms. The van der Waals surface area contributed by atoms with Crippen molar-refractivity contribution >= 4 is 0 Å². The Balaban J connectivity index is 2.20. The first-order chi connectivity index (χ1) is 5.74. The summed E-state index contributed by atoms with van der Waals surface area (Å²) in [5.74, 6) is 0.308. The summed E-state index contributed by atoms with van der Waals surface area (Å²) in [5, 5.41) is 3.09. The zero-order valence-corrected chi connectivity index (χ0v) is 7.52. The lowest BCUT2D eigenvalue weighted by Crippen LogP contribution is -2.26. The molecule has 0 unspecified atom stereocenters. The average molecular weight is 177 g/mol. The van der Waals surface area contributed by atoms with Gasteiger partial charge < -0.3 is 5.32 Å². The molecule has 0 aromatic rings. The molecule has 72 valence electrons. The summed E-state index contributed by atoms with van der Waals surface area (Å²) in [6.07, 6.45) is 1.26. The Labute approximate surface area is 72.5 Å². The van der Waals surface area contributed by atoms with Crippen LogP contribution in [0.25, 0.3) is 0 Å². The fourth-order valence-electron chi connectivity index (χ4n) is 1.93. The van der Waals surface area contributed by atoms with Crippen LogP contribution in [0.15, 0.2) is 0 Å². The average Bonchev–Trinajstić information content (AvgIpc) is 2.06. The lowest BCUT2D eigenvalue weighted by molar-refractivity contribution is 0.0468. The predicted molar refractivity (Wildman–Crippen MR) is 45.4 cm³/mol. The summed E-state index contributed by atoms with van der Waals surface area (Å²) in [5.41, 5.74) is 0. The van der Waals surface area contributed by atoms with Crippen LogP contribution in [0.2, 0.25) is 0 Å². The number of nitrogens with one attached hydrogen (secondary N) is 1. The zero-order valence-electron chi connectivity index (χ0n) is 7.52. The molecule has 0 radical (unpaired) electrons. The molecule has 0 aromatic carbocycles. The van der Waals surface area contributed by atoms with Gasteiger partial charge in [0.05, 0.1) is 0 Å². The third kappa shape index (κ3) is 2.70. The first-order valence-electron chi connectivity index (χ1n) is 4.66. The molecule has 1 aliphatic rings. The molecule has 0 aliphatic heterocycles. The molecule has 1 fully saturated rings. The van der Waals surface area contributed by atoms with Gasteiger partial charge in [0, 0.05) is 5.92 Å². The molecule has 0 heterocycles. The molecule has 0 spiro atoms. The number of hydrogen-bond donors (Lipinski definition) is 1. The summed E-state index contributed by atoms with van der Waals surface area (Å²) < 4.78 is 24.4. The first-order valence-corrected chi connectivity index (χ1v) is 4.66. The van der Waals surface area contributed by atoms with Gasteiger partial charge >= 0.3 is 0 Å². The van der Waals surface area contributed by atoms with Crippen molar-refractivity contribution in [1.82, 2.24) is 5.32 Å². The topological polar surface area (TPSA) is 12.0 Å². The van der Waals surface area contributed by atoms with Gasteiger partial charge in [-0.3, -0.25) is 0 Å². The summed E-state index contributed by atoms with van der Waals surface area (Å²) in [6.45, 7) is 0.982. The maximum Gasteiger partial charge on any atom is 0.241 e. The molecule has 0 aromatic heterocycles. The summed E-state index contributed by atoms with van der Waals surface area (Å²) in [7, 11) is 1.92. The van der Waals surface area contributed by atoms with Gasteiger partial charge in [0.1, 0.15) is 0 Å². The van der Waals surface area contributed by atoms with Gasteiger partial charge in [-0.15, -0.1) is 0 Å². The number of halogens is 2. The van der Waals surface area contributed by atoms with E-state index in [-0.39, 0.29) is 5.92 Å². The minimum atomic E-state index is -2.10. The van der Waals surface area contributed by atoms with Gasteiger partial charge in [0.2, 0.25) is 6.43 Å². The lowest BCUT2D eigenvalue weighted by Gasteiger charge is -2.27. The van der Waals surface area contributed by atoms with E-state index >= 15 is 0 Å². The van der Waals surface area contributed by atoms with Crippen LogP contribution in [0.5, 0.6) is 0 Å². The summed E-state index contributed by atoms with van der Waals surface area (Å²) in [4.78, 5) is 0. The fourth-order valence-corrected chi connectivity index (χ4v) is 1.93. The highest BCUT2D eigenvalue weighted by atomic mass is 19.3. The number of alkyl halides is 2. The van der Waals surface area contributed by atoms with E-state index < -0.39 is 6.43 Å². The molecule has 3 heteroatoms.